The van der Waals surface area contributed by atoms with Crippen LogP contribution in [-0.2, 0) is 6.42 Å². The molecule has 1 aromatic heterocycles. The predicted octanol–water partition coefficient (Wildman–Crippen LogP) is 2.87. The van der Waals surface area contributed by atoms with Crippen LogP contribution in [0.15, 0.2) is 39.6 Å². The van der Waals surface area contributed by atoms with E-state index in [9.17, 15) is 4.79 Å². The molecule has 2 rings (SSSR count). The minimum absolute atomic E-state index is 0.0536. The molecule has 16 heavy (non-hydrogen) atoms. The summed E-state index contributed by atoms with van der Waals surface area (Å²) >= 11 is 6.67. The van der Waals surface area contributed by atoms with E-state index in [1.165, 1.54) is 0 Å². The van der Waals surface area contributed by atoms with E-state index in [-0.39, 0.29) is 5.56 Å². The first-order chi connectivity index (χ1) is 7.74. The van der Waals surface area contributed by atoms with Crippen molar-refractivity contribution in [3.8, 4) is 5.69 Å². The zero-order valence-electron chi connectivity index (χ0n) is 8.41. The van der Waals surface area contributed by atoms with Crippen LogP contribution in [0.5, 0.6) is 0 Å². The molecule has 0 aliphatic rings. The summed E-state index contributed by atoms with van der Waals surface area (Å²) in [6.45, 7) is 0. The van der Waals surface area contributed by atoms with Gasteiger partial charge in [-0.15, -0.1) is 0 Å². The first kappa shape index (κ1) is 11.7. The Balaban J connectivity index is 2.51. The molecular weight excluding hydrogens is 336 g/mol. The van der Waals surface area contributed by atoms with Crippen molar-refractivity contribution in [3.63, 3.8) is 0 Å². The van der Waals surface area contributed by atoms with E-state index in [0.29, 0.717) is 4.47 Å². The first-order valence-electron chi connectivity index (χ1n) is 4.85. The molecule has 0 bridgehead atoms. The lowest BCUT2D eigenvalue weighted by atomic mass is 10.3. The van der Waals surface area contributed by atoms with E-state index in [4.69, 9.17) is 0 Å². The van der Waals surface area contributed by atoms with Gasteiger partial charge in [-0.1, -0.05) is 34.1 Å². The zero-order chi connectivity index (χ0) is 11.5. The van der Waals surface area contributed by atoms with Crippen LogP contribution in [0.2, 0.25) is 0 Å². The van der Waals surface area contributed by atoms with E-state index in [2.05, 4.69) is 37.0 Å². The minimum atomic E-state index is -0.0536. The van der Waals surface area contributed by atoms with E-state index < -0.39 is 0 Å². The molecule has 0 aliphatic carbocycles. The summed E-state index contributed by atoms with van der Waals surface area (Å²) in [6.07, 6.45) is 0.787. The quantitative estimate of drug-likeness (QED) is 0.853. The normalized spacial score (nSPS) is 10.6. The maximum absolute atomic E-state index is 11.9. The second-order valence-electron chi connectivity index (χ2n) is 3.32. The number of hydrogen-bond donors (Lipinski definition) is 1. The number of alkyl halides is 1. The number of aryl methyl sites for hydroxylation is 1. The topological polar surface area (TPSA) is 37.8 Å². The summed E-state index contributed by atoms with van der Waals surface area (Å²) in [4.78, 5) is 11.9. The molecule has 0 amide bonds. The molecule has 1 heterocycles. The van der Waals surface area contributed by atoms with Crippen molar-refractivity contribution in [1.29, 1.82) is 0 Å². The molecule has 0 atom stereocenters. The second-order valence-corrected chi connectivity index (χ2v) is 4.91. The highest BCUT2D eigenvalue weighted by Crippen LogP contribution is 2.13. The molecule has 3 nitrogen and oxygen atoms in total. The lowest BCUT2D eigenvalue weighted by Crippen LogP contribution is -2.14. The van der Waals surface area contributed by atoms with Gasteiger partial charge < -0.3 is 0 Å². The molecule has 5 heteroatoms. The lowest BCUT2D eigenvalue weighted by molar-refractivity contribution is 0.821. The van der Waals surface area contributed by atoms with Crippen LogP contribution in [0.25, 0.3) is 5.69 Å². The van der Waals surface area contributed by atoms with Crippen molar-refractivity contribution in [2.24, 2.45) is 0 Å². The number of hydrogen-bond acceptors (Lipinski definition) is 1. The number of benzene rings is 1. The largest absolute Gasteiger partial charge is 0.294 e. The maximum Gasteiger partial charge on any atom is 0.285 e. The van der Waals surface area contributed by atoms with Gasteiger partial charge in [-0.25, -0.2) is 4.68 Å². The van der Waals surface area contributed by atoms with Crippen LogP contribution in [0.1, 0.15) is 5.69 Å². The standard InChI is InChI=1S/C11H10Br2N2O/c12-7-6-9-10(13)11(16)15(14-9)8-4-2-1-3-5-8/h1-5,14H,6-7H2. The van der Waals surface area contributed by atoms with Crippen molar-refractivity contribution >= 4 is 31.9 Å². The number of para-hydroxylation sites is 1. The number of aromatic amines is 1. The Labute approximate surface area is 110 Å². The number of H-pyrrole nitrogens is 1. The molecule has 0 aliphatic heterocycles. The number of halogens is 2. The second kappa shape index (κ2) is 5.01. The fourth-order valence-electron chi connectivity index (χ4n) is 1.48. The van der Waals surface area contributed by atoms with Gasteiger partial charge in [-0.3, -0.25) is 9.89 Å². The Morgan fingerprint density at radius 3 is 2.56 bits per heavy atom. The number of nitrogens with one attached hydrogen (secondary N) is 1. The monoisotopic (exact) mass is 344 g/mol. The van der Waals surface area contributed by atoms with E-state index in [1.54, 1.807) is 4.68 Å². The molecule has 84 valence electrons. The Kier molecular flexibility index (Phi) is 3.66. The van der Waals surface area contributed by atoms with Crippen LogP contribution < -0.4 is 5.56 Å². The summed E-state index contributed by atoms with van der Waals surface area (Å²) in [6, 6.07) is 9.51. The summed E-state index contributed by atoms with van der Waals surface area (Å²) in [5.74, 6) is 0. The van der Waals surface area contributed by atoms with E-state index in [1.807, 2.05) is 30.3 Å². The molecule has 1 N–H and O–H groups in total. The van der Waals surface area contributed by atoms with Gasteiger partial charge in [0, 0.05) is 11.8 Å². The van der Waals surface area contributed by atoms with Crippen molar-refractivity contribution in [2.45, 2.75) is 6.42 Å². The van der Waals surface area contributed by atoms with Gasteiger partial charge >= 0.3 is 0 Å². The van der Waals surface area contributed by atoms with Gasteiger partial charge in [0.25, 0.3) is 5.56 Å². The summed E-state index contributed by atoms with van der Waals surface area (Å²) in [7, 11) is 0. The highest BCUT2D eigenvalue weighted by Gasteiger charge is 2.11. The van der Waals surface area contributed by atoms with Gasteiger partial charge in [-0.2, -0.15) is 0 Å². The Bertz CT molecular complexity index is 531. The van der Waals surface area contributed by atoms with Gasteiger partial charge in [0.05, 0.1) is 11.4 Å². The summed E-state index contributed by atoms with van der Waals surface area (Å²) in [5, 5.41) is 3.91. The van der Waals surface area contributed by atoms with E-state index >= 15 is 0 Å². The van der Waals surface area contributed by atoms with Crippen molar-refractivity contribution in [2.75, 3.05) is 5.33 Å². The average Bonchev–Trinajstić information content (AvgIpc) is 2.59. The molecular formula is C11H10Br2N2O. The zero-order valence-corrected chi connectivity index (χ0v) is 11.6. The minimum Gasteiger partial charge on any atom is -0.294 e. The fraction of sp³-hybridized carbons (Fsp3) is 0.182. The van der Waals surface area contributed by atoms with Gasteiger partial charge in [0.1, 0.15) is 4.47 Å². The lowest BCUT2D eigenvalue weighted by Gasteiger charge is -2.00. The first-order valence-corrected chi connectivity index (χ1v) is 6.76. The van der Waals surface area contributed by atoms with E-state index in [0.717, 1.165) is 23.1 Å². The highest BCUT2D eigenvalue weighted by atomic mass is 79.9. The molecule has 1 aromatic carbocycles. The molecule has 2 aromatic rings. The van der Waals surface area contributed by atoms with Gasteiger partial charge in [0.2, 0.25) is 0 Å². The molecule has 0 unspecified atom stereocenters. The van der Waals surface area contributed by atoms with Crippen LogP contribution >= 0.6 is 31.9 Å². The summed E-state index contributed by atoms with van der Waals surface area (Å²) < 4.78 is 2.15. The molecule has 0 spiro atoms. The molecule has 0 saturated carbocycles. The third-order valence-corrected chi connectivity index (χ3v) is 3.48. The molecule has 0 radical (unpaired) electrons. The van der Waals surface area contributed by atoms with Crippen molar-refractivity contribution in [3.05, 3.63) is 50.9 Å². The Morgan fingerprint density at radius 1 is 1.25 bits per heavy atom. The van der Waals surface area contributed by atoms with Crippen LogP contribution in [-0.4, -0.2) is 15.1 Å². The fourth-order valence-corrected chi connectivity index (χ4v) is 2.34. The third kappa shape index (κ3) is 2.15. The average molecular weight is 346 g/mol. The van der Waals surface area contributed by atoms with Crippen LogP contribution in [0.4, 0.5) is 0 Å². The number of rotatable bonds is 3. The van der Waals surface area contributed by atoms with Crippen LogP contribution in [0, 0.1) is 0 Å². The Hall–Kier alpha value is -0.810. The predicted molar refractivity (Wildman–Crippen MR) is 71.6 cm³/mol. The number of aromatic nitrogens is 2. The van der Waals surface area contributed by atoms with Crippen molar-refractivity contribution < 1.29 is 0 Å². The SMILES string of the molecule is O=c1c(Br)c(CCBr)[nH]n1-c1ccccc1. The van der Waals surface area contributed by atoms with Crippen molar-refractivity contribution in [1.82, 2.24) is 9.78 Å². The van der Waals surface area contributed by atoms with Crippen LogP contribution in [0.3, 0.4) is 0 Å². The molecule has 0 fully saturated rings. The summed E-state index contributed by atoms with van der Waals surface area (Å²) in [5.41, 5.74) is 1.70. The van der Waals surface area contributed by atoms with Gasteiger partial charge in [0.15, 0.2) is 0 Å². The van der Waals surface area contributed by atoms with Gasteiger partial charge in [-0.05, 0) is 28.1 Å². The Morgan fingerprint density at radius 2 is 1.94 bits per heavy atom. The highest BCUT2D eigenvalue weighted by molar-refractivity contribution is 9.10. The maximum atomic E-state index is 11.9. The smallest absolute Gasteiger partial charge is 0.285 e. The molecule has 0 saturated heterocycles. The third-order valence-electron chi connectivity index (χ3n) is 2.26. The number of nitrogens with zero attached hydrogens (tertiary/aromatic N) is 1.